The molecule has 2 rings (SSSR count). The summed E-state index contributed by atoms with van der Waals surface area (Å²) in [6, 6.07) is -0.369. The van der Waals surface area contributed by atoms with Gasteiger partial charge in [0.2, 0.25) is 11.8 Å². The summed E-state index contributed by atoms with van der Waals surface area (Å²) in [5, 5.41) is 16.7. The molecule has 9 nitrogen and oxygen atoms in total. The molecule has 0 saturated carbocycles. The summed E-state index contributed by atoms with van der Waals surface area (Å²) in [6.07, 6.45) is 2.29. The topological polar surface area (TPSA) is 127 Å². The van der Waals surface area contributed by atoms with E-state index in [1.54, 1.807) is 0 Å². The van der Waals surface area contributed by atoms with Crippen molar-refractivity contribution >= 4 is 27.3 Å². The number of hydrogen-bond acceptors (Lipinski definition) is 8. The van der Waals surface area contributed by atoms with E-state index in [2.05, 4.69) is 20.6 Å². The Bertz CT molecular complexity index is 634. The molecule has 0 amide bonds. The zero-order chi connectivity index (χ0) is 15.5. The zero-order valence-electron chi connectivity index (χ0n) is 11.6. The molecule has 1 aromatic heterocycles. The first-order valence-corrected chi connectivity index (χ1v) is 8.45. The van der Waals surface area contributed by atoms with Gasteiger partial charge in [0.1, 0.15) is 6.20 Å². The Morgan fingerprint density at radius 1 is 1.52 bits per heavy atom. The van der Waals surface area contributed by atoms with Gasteiger partial charge in [-0.3, -0.25) is 10.1 Å². The zero-order valence-corrected chi connectivity index (χ0v) is 12.4. The van der Waals surface area contributed by atoms with Gasteiger partial charge < -0.3 is 10.6 Å². The van der Waals surface area contributed by atoms with Crippen molar-refractivity contribution in [3.05, 3.63) is 16.3 Å². The van der Waals surface area contributed by atoms with Crippen molar-refractivity contribution in [1.82, 2.24) is 9.97 Å². The first-order valence-electron chi connectivity index (χ1n) is 6.63. The van der Waals surface area contributed by atoms with Crippen molar-refractivity contribution < 1.29 is 13.3 Å². The lowest BCUT2D eigenvalue weighted by atomic mass is 10.2. The minimum absolute atomic E-state index is 0.0370. The van der Waals surface area contributed by atoms with Crippen LogP contribution in [-0.4, -0.2) is 47.4 Å². The Hall–Kier alpha value is -1.97. The second-order valence-corrected chi connectivity index (χ2v) is 7.04. The fraction of sp³-hybridized carbons (Fsp3) is 0.636. The molecule has 1 fully saturated rings. The predicted octanol–water partition coefficient (Wildman–Crippen LogP) is 0.806. The number of nitro groups is 1. The number of rotatable bonds is 5. The van der Waals surface area contributed by atoms with Crippen LogP contribution in [0.1, 0.15) is 19.8 Å². The van der Waals surface area contributed by atoms with E-state index < -0.39 is 14.8 Å². The van der Waals surface area contributed by atoms with Gasteiger partial charge >= 0.3 is 5.69 Å². The number of sulfone groups is 1. The highest BCUT2D eigenvalue weighted by Gasteiger charge is 2.27. The summed E-state index contributed by atoms with van der Waals surface area (Å²) < 4.78 is 23.2. The molecule has 0 aromatic carbocycles. The van der Waals surface area contributed by atoms with Gasteiger partial charge in [-0.25, -0.2) is 13.4 Å². The maximum Gasteiger partial charge on any atom is 0.329 e. The van der Waals surface area contributed by atoms with Crippen molar-refractivity contribution in [2.45, 2.75) is 25.8 Å². The molecule has 1 saturated heterocycles. The summed E-state index contributed by atoms with van der Waals surface area (Å²) in [6.45, 7) is 2.43. The van der Waals surface area contributed by atoms with Gasteiger partial charge in [-0.05, 0) is 19.8 Å². The normalized spacial score (nSPS) is 20.7. The Morgan fingerprint density at radius 3 is 2.90 bits per heavy atom. The van der Waals surface area contributed by atoms with Crippen LogP contribution < -0.4 is 10.6 Å². The molecular weight excluding hydrogens is 298 g/mol. The third-order valence-corrected chi connectivity index (χ3v) is 4.93. The smallest absolute Gasteiger partial charge is 0.329 e. The van der Waals surface area contributed by atoms with Crippen LogP contribution in [0, 0.1) is 10.1 Å². The largest absolute Gasteiger partial charge is 0.360 e. The molecule has 2 heterocycles. The number of nitrogens with one attached hydrogen (secondary N) is 2. The number of anilines is 2. The van der Waals surface area contributed by atoms with Crippen molar-refractivity contribution in [3.63, 3.8) is 0 Å². The number of aromatic nitrogens is 2. The molecule has 116 valence electrons. The second kappa shape index (κ2) is 6.20. The Labute approximate surface area is 122 Å². The minimum Gasteiger partial charge on any atom is -0.360 e. The number of nitrogens with zero attached hydrogens (tertiary/aromatic N) is 3. The molecule has 1 aliphatic heterocycles. The highest BCUT2D eigenvalue weighted by molar-refractivity contribution is 7.91. The Morgan fingerprint density at radius 2 is 2.29 bits per heavy atom. The molecule has 10 heteroatoms. The maximum absolute atomic E-state index is 11.6. The summed E-state index contributed by atoms with van der Waals surface area (Å²) >= 11 is 0. The summed E-state index contributed by atoms with van der Waals surface area (Å²) in [4.78, 5) is 18.3. The monoisotopic (exact) mass is 315 g/mol. The van der Waals surface area contributed by atoms with Crippen LogP contribution in [0.5, 0.6) is 0 Å². The van der Waals surface area contributed by atoms with Crippen LogP contribution in [0.15, 0.2) is 6.20 Å². The van der Waals surface area contributed by atoms with Crippen molar-refractivity contribution in [3.8, 4) is 0 Å². The predicted molar refractivity (Wildman–Crippen MR) is 78.1 cm³/mol. The second-order valence-electron chi connectivity index (χ2n) is 4.81. The standard InChI is InChI=1S/C11H17N5O4S/c1-2-12-11-13-6-9(16(17)18)10(15-11)14-8-4-3-5-21(19,20)7-8/h6,8H,2-5,7H2,1H3,(H2,12,13,14,15). The van der Waals surface area contributed by atoms with E-state index in [1.165, 1.54) is 0 Å². The van der Waals surface area contributed by atoms with Crippen LogP contribution >= 0.6 is 0 Å². The molecule has 1 atom stereocenters. The molecule has 0 radical (unpaired) electrons. The summed E-state index contributed by atoms with van der Waals surface area (Å²) in [5.74, 6) is 0.446. The van der Waals surface area contributed by atoms with E-state index in [-0.39, 0.29) is 35.0 Å². The van der Waals surface area contributed by atoms with Crippen molar-refractivity contribution in [2.24, 2.45) is 0 Å². The fourth-order valence-corrected chi connectivity index (χ4v) is 3.82. The average molecular weight is 315 g/mol. The van der Waals surface area contributed by atoms with Gasteiger partial charge in [-0.1, -0.05) is 0 Å². The van der Waals surface area contributed by atoms with Gasteiger partial charge in [0.15, 0.2) is 9.84 Å². The average Bonchev–Trinajstić information content (AvgIpc) is 2.37. The molecule has 0 spiro atoms. The first-order chi connectivity index (χ1) is 9.91. The lowest BCUT2D eigenvalue weighted by Crippen LogP contribution is -2.35. The first kappa shape index (κ1) is 15.4. The highest BCUT2D eigenvalue weighted by atomic mass is 32.2. The highest BCUT2D eigenvalue weighted by Crippen LogP contribution is 2.25. The Balaban J connectivity index is 2.24. The van der Waals surface area contributed by atoms with Crippen molar-refractivity contribution in [1.29, 1.82) is 0 Å². The van der Waals surface area contributed by atoms with Crippen LogP contribution in [-0.2, 0) is 9.84 Å². The molecule has 1 aliphatic rings. The molecular formula is C11H17N5O4S. The Kier molecular flexibility index (Phi) is 4.56. The molecule has 2 N–H and O–H groups in total. The van der Waals surface area contributed by atoms with Crippen LogP contribution in [0.25, 0.3) is 0 Å². The maximum atomic E-state index is 11.6. The molecule has 1 unspecified atom stereocenters. The summed E-state index contributed by atoms with van der Waals surface area (Å²) in [7, 11) is -3.10. The third-order valence-electron chi connectivity index (χ3n) is 3.10. The van der Waals surface area contributed by atoms with Gasteiger partial charge in [-0.15, -0.1) is 0 Å². The van der Waals surface area contributed by atoms with Crippen LogP contribution in [0.3, 0.4) is 0 Å². The van der Waals surface area contributed by atoms with Crippen molar-refractivity contribution in [2.75, 3.05) is 28.7 Å². The lowest BCUT2D eigenvalue weighted by Gasteiger charge is -2.23. The van der Waals surface area contributed by atoms with E-state index >= 15 is 0 Å². The molecule has 0 aliphatic carbocycles. The molecule has 0 bridgehead atoms. The van der Waals surface area contributed by atoms with E-state index in [4.69, 9.17) is 0 Å². The SMILES string of the molecule is CCNc1ncc([N+](=O)[O-])c(NC2CCCS(=O)(=O)C2)n1. The summed E-state index contributed by atoms with van der Waals surface area (Å²) in [5.41, 5.74) is -0.264. The van der Waals surface area contributed by atoms with Gasteiger partial charge in [0.25, 0.3) is 0 Å². The van der Waals surface area contributed by atoms with Gasteiger partial charge in [0, 0.05) is 12.6 Å². The fourth-order valence-electron chi connectivity index (χ4n) is 2.19. The molecule has 21 heavy (non-hydrogen) atoms. The quantitative estimate of drug-likeness (QED) is 0.603. The van der Waals surface area contributed by atoms with E-state index in [9.17, 15) is 18.5 Å². The molecule has 1 aromatic rings. The van der Waals surface area contributed by atoms with E-state index in [0.717, 1.165) is 6.20 Å². The van der Waals surface area contributed by atoms with Crippen LogP contribution in [0.4, 0.5) is 17.5 Å². The minimum atomic E-state index is -3.10. The van der Waals surface area contributed by atoms with E-state index in [0.29, 0.717) is 19.4 Å². The lowest BCUT2D eigenvalue weighted by molar-refractivity contribution is -0.384. The third kappa shape index (κ3) is 4.00. The number of hydrogen-bond donors (Lipinski definition) is 2. The van der Waals surface area contributed by atoms with Gasteiger partial charge in [0.05, 0.1) is 16.4 Å². The van der Waals surface area contributed by atoms with Gasteiger partial charge in [-0.2, -0.15) is 4.98 Å². The van der Waals surface area contributed by atoms with Crippen LogP contribution in [0.2, 0.25) is 0 Å². The van der Waals surface area contributed by atoms with E-state index in [1.807, 2.05) is 6.92 Å².